The predicted molar refractivity (Wildman–Crippen MR) is 74.5 cm³/mol. The number of nitrogens with zero attached hydrogens (tertiary/aromatic N) is 1. The normalized spacial score (nSPS) is 11.6. The van der Waals surface area contributed by atoms with Crippen LogP contribution < -0.4 is 5.73 Å². The molecule has 0 amide bonds. The minimum Gasteiger partial charge on any atom is -0.409 e. The van der Waals surface area contributed by atoms with Crippen molar-refractivity contribution in [2.45, 2.75) is 9.79 Å². The van der Waals surface area contributed by atoms with Crippen molar-refractivity contribution in [3.63, 3.8) is 0 Å². The summed E-state index contributed by atoms with van der Waals surface area (Å²) in [4.78, 5) is 1.06. The van der Waals surface area contributed by atoms with Crippen molar-refractivity contribution in [2.75, 3.05) is 0 Å². The van der Waals surface area contributed by atoms with Crippen molar-refractivity contribution in [1.82, 2.24) is 0 Å². The molecule has 0 saturated heterocycles. The predicted octanol–water partition coefficient (Wildman–Crippen LogP) is 3.72. The first-order valence-corrected chi connectivity index (χ1v) is 6.51. The molecule has 2 aromatic rings. The molecule has 0 aliphatic heterocycles. The smallest absolute Gasteiger partial charge is 0.172 e. The molecule has 0 aliphatic rings. The van der Waals surface area contributed by atoms with E-state index in [2.05, 4.69) is 5.16 Å². The molecular weight excluding hydrogens is 287 g/mol. The minimum absolute atomic E-state index is 0.107. The molecule has 0 saturated carbocycles. The van der Waals surface area contributed by atoms with Gasteiger partial charge in [0.1, 0.15) is 5.82 Å². The summed E-state index contributed by atoms with van der Waals surface area (Å²) in [6.45, 7) is 0. The van der Waals surface area contributed by atoms with E-state index >= 15 is 0 Å². The van der Waals surface area contributed by atoms with Gasteiger partial charge in [0.25, 0.3) is 0 Å². The maximum absolute atomic E-state index is 13.6. The summed E-state index contributed by atoms with van der Waals surface area (Å²) < 4.78 is 13.6. The quantitative estimate of drug-likeness (QED) is 0.393. The molecule has 0 bridgehead atoms. The van der Waals surface area contributed by atoms with Crippen molar-refractivity contribution in [3.8, 4) is 0 Å². The van der Waals surface area contributed by atoms with Crippen molar-refractivity contribution >= 4 is 29.2 Å². The Morgan fingerprint density at radius 3 is 2.53 bits per heavy atom. The molecule has 0 heterocycles. The minimum atomic E-state index is -0.335. The molecule has 0 spiro atoms. The first-order chi connectivity index (χ1) is 9.13. The maximum Gasteiger partial charge on any atom is 0.172 e. The van der Waals surface area contributed by atoms with E-state index in [-0.39, 0.29) is 11.7 Å². The average Bonchev–Trinajstić information content (AvgIpc) is 2.41. The fraction of sp³-hybridized carbons (Fsp3) is 0. The van der Waals surface area contributed by atoms with Crippen LogP contribution >= 0.6 is 23.4 Å². The second-order valence-electron chi connectivity index (χ2n) is 3.63. The highest BCUT2D eigenvalue weighted by Gasteiger charge is 2.14. The number of hydrogen-bond acceptors (Lipinski definition) is 3. The van der Waals surface area contributed by atoms with E-state index in [9.17, 15) is 4.39 Å². The molecule has 0 fully saturated rings. The molecule has 0 radical (unpaired) electrons. The van der Waals surface area contributed by atoms with Gasteiger partial charge in [-0.05, 0) is 24.3 Å². The Morgan fingerprint density at radius 1 is 1.16 bits per heavy atom. The summed E-state index contributed by atoms with van der Waals surface area (Å²) in [6.07, 6.45) is 0. The SMILES string of the molecule is NC(=NO)c1c(Cl)cccc1Sc1ccccc1F. The molecule has 3 nitrogen and oxygen atoms in total. The summed E-state index contributed by atoms with van der Waals surface area (Å²) >= 11 is 7.20. The van der Waals surface area contributed by atoms with Gasteiger partial charge in [0.15, 0.2) is 5.84 Å². The summed E-state index contributed by atoms with van der Waals surface area (Å²) in [5, 5.41) is 12.1. The molecule has 3 N–H and O–H groups in total. The van der Waals surface area contributed by atoms with Crippen molar-refractivity contribution in [3.05, 3.63) is 58.9 Å². The third kappa shape index (κ3) is 3.00. The summed E-state index contributed by atoms with van der Waals surface area (Å²) in [5.74, 6) is -0.442. The molecular formula is C13H10ClFN2OS. The third-order valence-electron chi connectivity index (χ3n) is 2.40. The van der Waals surface area contributed by atoms with Gasteiger partial charge in [-0.2, -0.15) is 0 Å². The maximum atomic E-state index is 13.6. The van der Waals surface area contributed by atoms with Crippen molar-refractivity contribution < 1.29 is 9.60 Å². The van der Waals surface area contributed by atoms with Gasteiger partial charge in [-0.1, -0.05) is 46.7 Å². The molecule has 19 heavy (non-hydrogen) atoms. The number of rotatable bonds is 3. The van der Waals surface area contributed by atoms with Crippen molar-refractivity contribution in [1.29, 1.82) is 0 Å². The zero-order chi connectivity index (χ0) is 13.8. The lowest BCUT2D eigenvalue weighted by Gasteiger charge is -2.10. The van der Waals surface area contributed by atoms with E-state index in [4.69, 9.17) is 22.5 Å². The molecule has 2 rings (SSSR count). The molecule has 0 aliphatic carbocycles. The summed E-state index contributed by atoms with van der Waals surface area (Å²) in [7, 11) is 0. The highest BCUT2D eigenvalue weighted by Crippen LogP contribution is 2.34. The third-order valence-corrected chi connectivity index (χ3v) is 3.82. The van der Waals surface area contributed by atoms with Gasteiger partial charge < -0.3 is 10.9 Å². The van der Waals surface area contributed by atoms with E-state index in [0.717, 1.165) is 0 Å². The van der Waals surface area contributed by atoms with Crippen LogP contribution in [0.25, 0.3) is 0 Å². The van der Waals surface area contributed by atoms with Crippen LogP contribution in [0.5, 0.6) is 0 Å². The standard InChI is InChI=1S/C13H10ClFN2OS/c14-8-4-3-7-11(12(8)13(16)17-18)19-10-6-2-1-5-9(10)15/h1-7,18H,(H2,16,17). The van der Waals surface area contributed by atoms with E-state index in [0.29, 0.717) is 20.4 Å². The highest BCUT2D eigenvalue weighted by atomic mass is 35.5. The Hall–Kier alpha value is -1.72. The van der Waals surface area contributed by atoms with Gasteiger partial charge in [-0.3, -0.25) is 0 Å². The lowest BCUT2D eigenvalue weighted by molar-refractivity contribution is 0.318. The zero-order valence-electron chi connectivity index (χ0n) is 9.68. The van der Waals surface area contributed by atoms with Crippen LogP contribution in [0, 0.1) is 5.82 Å². The van der Waals surface area contributed by atoms with Gasteiger partial charge in [0.05, 0.1) is 10.6 Å². The van der Waals surface area contributed by atoms with Gasteiger partial charge >= 0.3 is 0 Å². The fourth-order valence-corrected chi connectivity index (χ4v) is 2.87. The summed E-state index contributed by atoms with van der Waals surface area (Å²) in [5.41, 5.74) is 5.98. The Morgan fingerprint density at radius 2 is 1.84 bits per heavy atom. The Kier molecular flexibility index (Phi) is 4.29. The fourth-order valence-electron chi connectivity index (χ4n) is 1.53. The van der Waals surface area contributed by atoms with Crippen LogP contribution in [0.15, 0.2) is 57.4 Å². The monoisotopic (exact) mass is 296 g/mol. The molecule has 2 aromatic carbocycles. The number of hydrogen-bond donors (Lipinski definition) is 2. The number of amidine groups is 1. The van der Waals surface area contributed by atoms with Crippen LogP contribution in [0.2, 0.25) is 5.02 Å². The van der Waals surface area contributed by atoms with Gasteiger partial charge in [-0.15, -0.1) is 0 Å². The topological polar surface area (TPSA) is 58.6 Å². The second kappa shape index (κ2) is 5.95. The van der Waals surface area contributed by atoms with Crippen LogP contribution in [0.4, 0.5) is 4.39 Å². The number of nitrogens with two attached hydrogens (primary N) is 1. The highest BCUT2D eigenvalue weighted by molar-refractivity contribution is 7.99. The largest absolute Gasteiger partial charge is 0.409 e. The Balaban J connectivity index is 2.47. The van der Waals surface area contributed by atoms with Crippen LogP contribution in [-0.2, 0) is 0 Å². The average molecular weight is 297 g/mol. The summed E-state index contributed by atoms with van der Waals surface area (Å²) in [6, 6.07) is 11.4. The van der Waals surface area contributed by atoms with Gasteiger partial charge in [-0.25, -0.2) is 4.39 Å². The molecule has 0 atom stereocenters. The lowest BCUT2D eigenvalue weighted by Crippen LogP contribution is -2.14. The zero-order valence-corrected chi connectivity index (χ0v) is 11.2. The Bertz CT molecular complexity index is 634. The van der Waals surface area contributed by atoms with Crippen LogP contribution in [0.1, 0.15) is 5.56 Å². The first kappa shape index (κ1) is 13.7. The van der Waals surface area contributed by atoms with E-state index in [1.54, 1.807) is 36.4 Å². The first-order valence-electron chi connectivity index (χ1n) is 5.32. The van der Waals surface area contributed by atoms with Gasteiger partial charge in [0.2, 0.25) is 0 Å². The molecule has 6 heteroatoms. The number of oxime groups is 1. The van der Waals surface area contributed by atoms with E-state index in [1.807, 2.05) is 0 Å². The van der Waals surface area contributed by atoms with E-state index < -0.39 is 0 Å². The number of halogens is 2. The van der Waals surface area contributed by atoms with Crippen LogP contribution in [-0.4, -0.2) is 11.0 Å². The number of benzene rings is 2. The Labute approximate surface area is 118 Å². The molecule has 98 valence electrons. The van der Waals surface area contributed by atoms with Crippen molar-refractivity contribution in [2.24, 2.45) is 10.9 Å². The van der Waals surface area contributed by atoms with Gasteiger partial charge in [0, 0.05) is 9.79 Å². The van der Waals surface area contributed by atoms with E-state index in [1.165, 1.54) is 17.8 Å². The van der Waals surface area contributed by atoms with Crippen LogP contribution in [0.3, 0.4) is 0 Å². The second-order valence-corrected chi connectivity index (χ2v) is 5.12. The molecule has 0 aromatic heterocycles. The lowest BCUT2D eigenvalue weighted by atomic mass is 10.2. The molecule has 0 unspecified atom stereocenters.